The minimum Gasteiger partial charge on any atom is -0.369 e. The molecule has 0 saturated carbocycles. The fraction of sp³-hybridized carbons (Fsp3) is 0.333. The van der Waals surface area contributed by atoms with Gasteiger partial charge in [0.25, 0.3) is 0 Å². The highest BCUT2D eigenvalue weighted by Crippen LogP contribution is 2.29. The fourth-order valence-corrected chi connectivity index (χ4v) is 4.15. The van der Waals surface area contributed by atoms with Crippen molar-refractivity contribution in [2.45, 2.75) is 25.3 Å². The van der Waals surface area contributed by atoms with Crippen LogP contribution in [0.15, 0.2) is 61.2 Å². The summed E-state index contributed by atoms with van der Waals surface area (Å²) in [5.74, 6) is 1.01. The highest BCUT2D eigenvalue weighted by molar-refractivity contribution is 5.75. The van der Waals surface area contributed by atoms with Crippen molar-refractivity contribution in [2.75, 3.05) is 31.6 Å². The molecule has 2 N–H and O–H groups in total. The molecule has 1 amide bonds. The number of anilines is 1. The van der Waals surface area contributed by atoms with Gasteiger partial charge in [0.15, 0.2) is 0 Å². The Morgan fingerprint density at radius 3 is 2.55 bits per heavy atom. The third-order valence-electron chi connectivity index (χ3n) is 5.71. The summed E-state index contributed by atoms with van der Waals surface area (Å²) in [6, 6.07) is 12.4. The van der Waals surface area contributed by atoms with Crippen LogP contribution in [0.25, 0.3) is 11.1 Å². The Balaban J connectivity index is 1.39. The number of nitrogens with two attached hydrogens (primary N) is 1. The van der Waals surface area contributed by atoms with Crippen molar-refractivity contribution in [3.05, 3.63) is 72.3 Å². The van der Waals surface area contributed by atoms with Gasteiger partial charge in [-0.05, 0) is 54.6 Å². The van der Waals surface area contributed by atoms with Crippen LogP contribution < -0.4 is 10.6 Å². The number of piperidine rings is 1. The van der Waals surface area contributed by atoms with Crippen LogP contribution >= 0.6 is 0 Å². The number of aromatic nitrogens is 3. The first kappa shape index (κ1) is 20.9. The molecule has 0 bridgehead atoms. The average Bonchev–Trinajstić information content (AvgIpc) is 2.79. The number of rotatable bonds is 7. The number of likely N-dealkylation sites (N-methyl/N-ethyl adjacent to an activating group) is 1. The van der Waals surface area contributed by atoms with Gasteiger partial charge in [0.1, 0.15) is 0 Å². The third kappa shape index (κ3) is 5.44. The van der Waals surface area contributed by atoms with E-state index in [1.807, 2.05) is 54.9 Å². The van der Waals surface area contributed by atoms with Crippen LogP contribution in [0.1, 0.15) is 29.9 Å². The lowest BCUT2D eigenvalue weighted by molar-refractivity contribution is -0.118. The fourth-order valence-electron chi connectivity index (χ4n) is 4.15. The number of pyridine rings is 1. The molecule has 2 aromatic heterocycles. The third-order valence-corrected chi connectivity index (χ3v) is 5.71. The predicted octanol–water partition coefficient (Wildman–Crippen LogP) is 2.84. The van der Waals surface area contributed by atoms with Crippen molar-refractivity contribution in [3.63, 3.8) is 0 Å². The first-order valence-corrected chi connectivity index (χ1v) is 10.6. The summed E-state index contributed by atoms with van der Waals surface area (Å²) in [5, 5.41) is 0. The molecule has 3 aromatic rings. The van der Waals surface area contributed by atoms with E-state index >= 15 is 0 Å². The molecular weight excluding hydrogens is 388 g/mol. The molecule has 0 spiro atoms. The number of benzene rings is 1. The standard InChI is InChI=1S/C24H28N6O/c1-29(17-23(25)31)16-18-4-2-5-20(12-18)22-14-27-24(28-15-22)30-10-7-19(8-11-30)21-6-3-9-26-13-21/h2-6,9,12-15,19H,7-8,10-11,16-17H2,1H3,(H2,25,31). The largest absolute Gasteiger partial charge is 0.369 e. The molecule has 31 heavy (non-hydrogen) atoms. The van der Waals surface area contributed by atoms with Gasteiger partial charge in [-0.15, -0.1) is 0 Å². The number of carbonyl (C=O) groups is 1. The molecular formula is C24H28N6O. The lowest BCUT2D eigenvalue weighted by Crippen LogP contribution is -2.34. The number of carbonyl (C=O) groups excluding carboxylic acids is 1. The summed E-state index contributed by atoms with van der Waals surface area (Å²) in [6.07, 6.45) is 9.74. The monoisotopic (exact) mass is 416 g/mol. The average molecular weight is 417 g/mol. The van der Waals surface area contributed by atoms with E-state index in [9.17, 15) is 4.79 Å². The molecule has 4 rings (SSSR count). The molecule has 0 atom stereocenters. The van der Waals surface area contributed by atoms with Gasteiger partial charge in [0.05, 0.1) is 6.54 Å². The normalized spacial score (nSPS) is 14.7. The zero-order valence-electron chi connectivity index (χ0n) is 17.8. The van der Waals surface area contributed by atoms with Crippen LogP contribution in [0.3, 0.4) is 0 Å². The topological polar surface area (TPSA) is 88.2 Å². The van der Waals surface area contributed by atoms with E-state index in [0.717, 1.165) is 48.6 Å². The molecule has 1 saturated heterocycles. The van der Waals surface area contributed by atoms with E-state index in [-0.39, 0.29) is 12.5 Å². The summed E-state index contributed by atoms with van der Waals surface area (Å²) in [7, 11) is 1.88. The van der Waals surface area contributed by atoms with Crippen molar-refractivity contribution in [1.82, 2.24) is 19.9 Å². The van der Waals surface area contributed by atoms with Crippen molar-refractivity contribution < 1.29 is 4.79 Å². The minimum atomic E-state index is -0.327. The molecule has 160 valence electrons. The zero-order chi connectivity index (χ0) is 21.6. The number of primary amides is 1. The van der Waals surface area contributed by atoms with Gasteiger partial charge in [-0.25, -0.2) is 9.97 Å². The molecule has 0 aliphatic carbocycles. The smallest absolute Gasteiger partial charge is 0.231 e. The Morgan fingerprint density at radius 2 is 1.87 bits per heavy atom. The zero-order valence-corrected chi connectivity index (χ0v) is 17.8. The van der Waals surface area contributed by atoms with E-state index in [2.05, 4.69) is 38.1 Å². The first-order valence-electron chi connectivity index (χ1n) is 10.6. The van der Waals surface area contributed by atoms with Crippen LogP contribution in [0.5, 0.6) is 0 Å². The Labute approximate surface area is 183 Å². The lowest BCUT2D eigenvalue weighted by Gasteiger charge is -2.32. The van der Waals surface area contributed by atoms with Crippen LogP contribution in [0, 0.1) is 0 Å². The van der Waals surface area contributed by atoms with Gasteiger partial charge in [-0.2, -0.15) is 0 Å². The molecule has 1 aromatic carbocycles. The Kier molecular flexibility index (Phi) is 6.52. The summed E-state index contributed by atoms with van der Waals surface area (Å²) in [6.45, 7) is 2.78. The quantitative estimate of drug-likeness (QED) is 0.637. The van der Waals surface area contributed by atoms with Gasteiger partial charge >= 0.3 is 0 Å². The van der Waals surface area contributed by atoms with E-state index in [1.165, 1.54) is 5.56 Å². The molecule has 1 fully saturated rings. The Bertz CT molecular complexity index is 1000. The predicted molar refractivity (Wildman–Crippen MR) is 121 cm³/mol. The summed E-state index contributed by atoms with van der Waals surface area (Å²) >= 11 is 0. The molecule has 0 unspecified atom stereocenters. The van der Waals surface area contributed by atoms with E-state index in [1.54, 1.807) is 0 Å². The van der Waals surface area contributed by atoms with Gasteiger partial charge < -0.3 is 10.6 Å². The number of hydrogen-bond donors (Lipinski definition) is 1. The van der Waals surface area contributed by atoms with E-state index in [0.29, 0.717) is 12.5 Å². The van der Waals surface area contributed by atoms with Gasteiger partial charge in [0.2, 0.25) is 11.9 Å². The van der Waals surface area contributed by atoms with Gasteiger partial charge in [-0.3, -0.25) is 14.7 Å². The number of hydrogen-bond acceptors (Lipinski definition) is 6. The second kappa shape index (κ2) is 9.66. The van der Waals surface area contributed by atoms with E-state index < -0.39 is 0 Å². The van der Waals surface area contributed by atoms with Gasteiger partial charge in [-0.1, -0.05) is 24.3 Å². The molecule has 3 heterocycles. The van der Waals surface area contributed by atoms with Gasteiger partial charge in [0, 0.05) is 50.0 Å². The molecule has 1 aliphatic rings. The maximum atomic E-state index is 11.1. The van der Waals surface area contributed by atoms with Crippen molar-refractivity contribution in [2.24, 2.45) is 5.73 Å². The molecule has 1 aliphatic heterocycles. The number of amides is 1. The highest BCUT2D eigenvalue weighted by atomic mass is 16.1. The first-order chi connectivity index (χ1) is 15.1. The molecule has 7 nitrogen and oxygen atoms in total. The van der Waals surface area contributed by atoms with Crippen molar-refractivity contribution >= 4 is 11.9 Å². The minimum absolute atomic E-state index is 0.236. The Hall–Kier alpha value is -3.32. The van der Waals surface area contributed by atoms with Crippen LogP contribution in [-0.2, 0) is 11.3 Å². The second-order valence-corrected chi connectivity index (χ2v) is 8.16. The van der Waals surface area contributed by atoms with Crippen LogP contribution in [0.4, 0.5) is 5.95 Å². The maximum absolute atomic E-state index is 11.1. The maximum Gasteiger partial charge on any atom is 0.231 e. The summed E-state index contributed by atoms with van der Waals surface area (Å²) < 4.78 is 0. The second-order valence-electron chi connectivity index (χ2n) is 8.16. The highest BCUT2D eigenvalue weighted by Gasteiger charge is 2.22. The molecule has 0 radical (unpaired) electrons. The van der Waals surface area contributed by atoms with Crippen molar-refractivity contribution in [1.29, 1.82) is 0 Å². The lowest BCUT2D eigenvalue weighted by atomic mass is 9.91. The van der Waals surface area contributed by atoms with E-state index in [4.69, 9.17) is 5.73 Å². The summed E-state index contributed by atoms with van der Waals surface area (Å²) in [4.78, 5) is 28.8. The number of nitrogens with zero attached hydrogens (tertiary/aromatic N) is 5. The molecule has 7 heteroatoms. The summed E-state index contributed by atoms with van der Waals surface area (Å²) in [5.41, 5.74) is 9.75. The SMILES string of the molecule is CN(CC(N)=O)Cc1cccc(-c2cnc(N3CCC(c4cccnc4)CC3)nc2)c1. The van der Waals surface area contributed by atoms with Crippen molar-refractivity contribution in [3.8, 4) is 11.1 Å². The van der Waals surface area contributed by atoms with Crippen LogP contribution in [-0.4, -0.2) is 52.4 Å². The Morgan fingerprint density at radius 1 is 1.10 bits per heavy atom. The van der Waals surface area contributed by atoms with Crippen LogP contribution in [0.2, 0.25) is 0 Å².